The van der Waals surface area contributed by atoms with E-state index in [0.717, 1.165) is 37.8 Å². The molecule has 2 fully saturated rings. The second-order valence-corrected chi connectivity index (χ2v) is 16.8. The third-order valence-electron chi connectivity index (χ3n) is 9.29. The van der Waals surface area contributed by atoms with Gasteiger partial charge in [-0.1, -0.05) is 25.5 Å². The van der Waals surface area contributed by atoms with Crippen LogP contribution in [0.1, 0.15) is 73.1 Å². The third-order valence-corrected chi connectivity index (χ3v) is 9.93. The third kappa shape index (κ3) is 3.77. The van der Waals surface area contributed by atoms with E-state index >= 15 is 0 Å². The molecule has 0 aromatic rings. The van der Waals surface area contributed by atoms with Gasteiger partial charge in [0.2, 0.25) is 0 Å². The number of Topliss-reactive ketones (excluding diaryl/α,β-unsaturated/α-hetero) is 1. The second-order valence-electron chi connectivity index (χ2n) is 12.4. The number of hydrogen-bond donors (Lipinski definition) is 0. The lowest BCUT2D eigenvalue weighted by molar-refractivity contribution is -0.185. The molecule has 4 aliphatic rings. The van der Waals surface area contributed by atoms with Gasteiger partial charge >= 0.3 is 5.97 Å². The molecular weight excluding hydrogens is 430 g/mol. The number of hydrogen-bond acceptors (Lipinski definition) is 5. The predicted molar refractivity (Wildman–Crippen MR) is 133 cm³/mol. The second kappa shape index (κ2) is 7.93. The van der Waals surface area contributed by atoms with Crippen molar-refractivity contribution in [2.75, 3.05) is 0 Å². The summed E-state index contributed by atoms with van der Waals surface area (Å²) in [5.41, 5.74) is 2.61. The molecule has 4 aliphatic carbocycles. The Balaban J connectivity index is 1.71. The van der Waals surface area contributed by atoms with E-state index in [-0.39, 0.29) is 22.6 Å². The number of fused-ring (bicyclic) bond motifs is 5. The largest absolute Gasteiger partial charge is 0.455 e. The van der Waals surface area contributed by atoms with Gasteiger partial charge in [0, 0.05) is 12.3 Å². The molecule has 0 amide bonds. The van der Waals surface area contributed by atoms with Gasteiger partial charge < -0.3 is 9.26 Å². The van der Waals surface area contributed by atoms with E-state index in [1.54, 1.807) is 6.92 Å². The number of ketones is 1. The first-order valence-electron chi connectivity index (χ1n) is 12.6. The van der Waals surface area contributed by atoms with E-state index < -0.39 is 13.9 Å². The predicted octanol–water partition coefficient (Wildman–Crippen LogP) is 6.21. The maximum Gasteiger partial charge on any atom is 0.303 e. The minimum Gasteiger partial charge on any atom is -0.455 e. The fourth-order valence-electron chi connectivity index (χ4n) is 7.76. The number of oxime groups is 1. The monoisotopic (exact) mass is 471 g/mol. The first-order chi connectivity index (χ1) is 15.2. The van der Waals surface area contributed by atoms with Crippen LogP contribution in [0.15, 0.2) is 28.5 Å². The highest BCUT2D eigenvalue weighted by Crippen LogP contribution is 2.67. The zero-order valence-electron chi connectivity index (χ0n) is 21.7. The van der Waals surface area contributed by atoms with Gasteiger partial charge in [-0.2, -0.15) is 0 Å². The Bertz CT molecular complexity index is 960. The SMILES string of the molecule is CC(=O)O[C@]1(C(C)=O)CC[C@H]2[C@@H]3C=C(C)C4=C/C(=N/O[Si](C)(C)C)CC[C@]4(C)[C@H]3CC[C@@]21C. The Hall–Kier alpha value is -1.69. The standard InChI is InChI=1S/C27H41NO4Si/c1-17-15-21-22(25(4)12-9-20(16-24(17)25)28-32-33(6,7)8)10-13-26(5)23(21)11-14-27(26,18(2)29)31-19(3)30/h15-16,21-23H,9-14H2,1-8H3/b28-20+/t21-,22+,23+,25-,26+,27+/m1/s1. The van der Waals surface area contributed by atoms with E-state index in [4.69, 9.17) is 9.26 Å². The van der Waals surface area contributed by atoms with Crippen LogP contribution in [0.5, 0.6) is 0 Å². The summed E-state index contributed by atoms with van der Waals surface area (Å²) >= 11 is 0. The molecule has 0 radical (unpaired) electrons. The topological polar surface area (TPSA) is 65.0 Å². The summed E-state index contributed by atoms with van der Waals surface area (Å²) in [6.45, 7) is 16.4. The zero-order chi connectivity index (χ0) is 24.4. The molecule has 0 bridgehead atoms. The summed E-state index contributed by atoms with van der Waals surface area (Å²) < 4.78 is 11.8. The van der Waals surface area contributed by atoms with Gasteiger partial charge in [-0.15, -0.1) is 5.16 Å². The molecule has 0 aromatic carbocycles. The maximum absolute atomic E-state index is 12.9. The van der Waals surface area contributed by atoms with Crippen molar-refractivity contribution in [3.63, 3.8) is 0 Å². The lowest BCUT2D eigenvalue weighted by Crippen LogP contribution is -2.58. The minimum absolute atomic E-state index is 0.00498. The number of carbonyl (C=O) groups excluding carboxylic acids is 2. The quantitative estimate of drug-likeness (QED) is 0.278. The molecule has 182 valence electrons. The highest BCUT2D eigenvalue weighted by Gasteiger charge is 2.67. The Morgan fingerprint density at radius 2 is 1.73 bits per heavy atom. The van der Waals surface area contributed by atoms with Gasteiger partial charge in [0.05, 0.1) is 5.71 Å². The average Bonchev–Trinajstić information content (AvgIpc) is 2.99. The molecule has 6 heteroatoms. The Kier molecular flexibility index (Phi) is 5.87. The molecular formula is C27H41NO4Si. The highest BCUT2D eigenvalue weighted by molar-refractivity contribution is 6.69. The molecule has 0 N–H and O–H groups in total. The van der Waals surface area contributed by atoms with Crippen LogP contribution in [-0.2, 0) is 18.9 Å². The number of carbonyl (C=O) groups is 2. The molecule has 33 heavy (non-hydrogen) atoms. The van der Waals surface area contributed by atoms with Gasteiger partial charge in [0.1, 0.15) is 0 Å². The minimum atomic E-state index is -1.70. The van der Waals surface area contributed by atoms with Crippen LogP contribution in [0.4, 0.5) is 0 Å². The zero-order valence-corrected chi connectivity index (χ0v) is 22.7. The van der Waals surface area contributed by atoms with Crippen molar-refractivity contribution in [3.8, 4) is 0 Å². The van der Waals surface area contributed by atoms with E-state index in [9.17, 15) is 9.59 Å². The van der Waals surface area contributed by atoms with Crippen molar-refractivity contribution in [1.29, 1.82) is 0 Å². The molecule has 4 rings (SSSR count). The Morgan fingerprint density at radius 1 is 1.06 bits per heavy atom. The van der Waals surface area contributed by atoms with Gasteiger partial charge in [0.25, 0.3) is 8.32 Å². The number of rotatable bonds is 4. The summed E-state index contributed by atoms with van der Waals surface area (Å²) in [4.78, 5) is 25.0. The van der Waals surface area contributed by atoms with Gasteiger partial charge in [0.15, 0.2) is 11.4 Å². The van der Waals surface area contributed by atoms with Crippen molar-refractivity contribution in [2.45, 2.75) is 98.4 Å². The Labute approximate surface area is 200 Å². The van der Waals surface area contributed by atoms with Crippen molar-refractivity contribution >= 4 is 25.8 Å². The van der Waals surface area contributed by atoms with E-state index in [1.807, 2.05) is 0 Å². The molecule has 0 saturated heterocycles. The van der Waals surface area contributed by atoms with Crippen LogP contribution >= 0.6 is 0 Å². The van der Waals surface area contributed by atoms with Gasteiger partial charge in [-0.25, -0.2) is 0 Å². The summed E-state index contributed by atoms with van der Waals surface area (Å²) in [6, 6.07) is 0. The first-order valence-corrected chi connectivity index (χ1v) is 16.0. The van der Waals surface area contributed by atoms with Crippen LogP contribution in [0.25, 0.3) is 0 Å². The molecule has 0 heterocycles. The van der Waals surface area contributed by atoms with Gasteiger partial charge in [-0.3, -0.25) is 9.59 Å². The Morgan fingerprint density at radius 3 is 2.33 bits per heavy atom. The van der Waals surface area contributed by atoms with Crippen LogP contribution in [0.3, 0.4) is 0 Å². The van der Waals surface area contributed by atoms with Crippen molar-refractivity contribution in [2.24, 2.45) is 33.7 Å². The van der Waals surface area contributed by atoms with Gasteiger partial charge in [-0.05, 0) is 107 Å². The lowest BCUT2D eigenvalue weighted by Gasteiger charge is -2.58. The van der Waals surface area contributed by atoms with E-state index in [0.29, 0.717) is 24.2 Å². The summed E-state index contributed by atoms with van der Waals surface area (Å²) in [7, 11) is -1.70. The summed E-state index contributed by atoms with van der Waals surface area (Å²) in [6.07, 6.45) is 10.3. The number of esters is 1. The maximum atomic E-state index is 12.9. The molecule has 0 spiro atoms. The van der Waals surface area contributed by atoms with Crippen LogP contribution in [0.2, 0.25) is 19.6 Å². The fraction of sp³-hybridized carbons (Fsp3) is 0.741. The van der Waals surface area contributed by atoms with Crippen molar-refractivity contribution in [3.05, 3.63) is 23.3 Å². The molecule has 2 saturated carbocycles. The highest BCUT2D eigenvalue weighted by atomic mass is 28.4. The molecule has 0 aromatic heterocycles. The van der Waals surface area contributed by atoms with E-state index in [1.165, 1.54) is 18.1 Å². The van der Waals surface area contributed by atoms with Crippen LogP contribution in [-0.4, -0.2) is 31.4 Å². The molecule has 0 unspecified atom stereocenters. The van der Waals surface area contributed by atoms with Crippen LogP contribution in [0, 0.1) is 28.6 Å². The van der Waals surface area contributed by atoms with Crippen molar-refractivity contribution < 1.29 is 18.9 Å². The number of allylic oxidation sites excluding steroid dienone is 4. The molecule has 5 nitrogen and oxygen atoms in total. The number of nitrogens with zero attached hydrogens (tertiary/aromatic N) is 1. The normalized spacial score (nSPS) is 41.3. The molecule has 0 aliphatic heterocycles. The molecule has 6 atom stereocenters. The summed E-state index contributed by atoms with van der Waals surface area (Å²) in [5.74, 6) is 0.939. The average molecular weight is 472 g/mol. The summed E-state index contributed by atoms with van der Waals surface area (Å²) in [5, 5.41) is 4.53. The first kappa shape index (κ1) is 24.4. The lowest BCUT2D eigenvalue weighted by atomic mass is 9.47. The smallest absolute Gasteiger partial charge is 0.303 e. The fourth-order valence-corrected chi connectivity index (χ4v) is 8.15. The number of ether oxygens (including phenoxy) is 1. The van der Waals surface area contributed by atoms with Crippen LogP contribution < -0.4 is 0 Å². The van der Waals surface area contributed by atoms with E-state index in [2.05, 4.69) is 57.7 Å². The van der Waals surface area contributed by atoms with Crippen molar-refractivity contribution in [1.82, 2.24) is 0 Å².